The Kier molecular flexibility index (Phi) is 4.68. The first-order valence-electron chi connectivity index (χ1n) is 8.29. The van der Waals surface area contributed by atoms with Crippen LogP contribution in [-0.2, 0) is 25.0 Å². The summed E-state index contributed by atoms with van der Waals surface area (Å²) in [5, 5.41) is 3.24. The molecular formula is C17H24N2O4S. The summed E-state index contributed by atoms with van der Waals surface area (Å²) in [6.07, 6.45) is 3.14. The molecule has 0 unspecified atom stereocenters. The zero-order valence-electron chi connectivity index (χ0n) is 14.1. The van der Waals surface area contributed by atoms with E-state index in [1.807, 2.05) is 0 Å². The maximum absolute atomic E-state index is 12.8. The first kappa shape index (κ1) is 17.4. The van der Waals surface area contributed by atoms with Crippen LogP contribution >= 0.6 is 0 Å². The van der Waals surface area contributed by atoms with Gasteiger partial charge in [0.1, 0.15) is 0 Å². The number of nitrogens with zero attached hydrogens (tertiary/aromatic N) is 1. The Labute approximate surface area is 143 Å². The van der Waals surface area contributed by atoms with Crippen LogP contribution in [0.2, 0.25) is 0 Å². The Hall–Kier alpha value is -1.44. The number of hydrogen-bond donors (Lipinski definition) is 1. The molecule has 1 aromatic carbocycles. The summed E-state index contributed by atoms with van der Waals surface area (Å²) in [6.45, 7) is 1.68. The predicted octanol–water partition coefficient (Wildman–Crippen LogP) is 1.26. The zero-order chi connectivity index (χ0) is 17.4. The molecule has 3 rings (SSSR count). The molecule has 7 heteroatoms. The molecule has 0 radical (unpaired) electrons. The van der Waals surface area contributed by atoms with Crippen molar-refractivity contribution in [1.29, 1.82) is 0 Å². The summed E-state index contributed by atoms with van der Waals surface area (Å²) in [4.78, 5) is 12.2. The second kappa shape index (κ2) is 6.46. The number of methoxy groups -OCH3 is 1. The minimum atomic E-state index is -3.52. The normalized spacial score (nSPS) is 20.8. The second-order valence-electron chi connectivity index (χ2n) is 6.60. The topological polar surface area (TPSA) is 75.7 Å². The fourth-order valence-corrected chi connectivity index (χ4v) is 4.83. The Balaban J connectivity index is 1.81. The third-order valence-corrected chi connectivity index (χ3v) is 7.16. The van der Waals surface area contributed by atoms with Gasteiger partial charge in [0.15, 0.2) is 0 Å². The van der Waals surface area contributed by atoms with Gasteiger partial charge in [0, 0.05) is 13.1 Å². The molecule has 2 fully saturated rings. The van der Waals surface area contributed by atoms with Gasteiger partial charge in [-0.1, -0.05) is 12.1 Å². The highest BCUT2D eigenvalue weighted by Gasteiger charge is 2.52. The first-order valence-corrected chi connectivity index (χ1v) is 9.73. The fraction of sp³-hybridized carbons (Fsp3) is 0.588. The molecule has 1 heterocycles. The summed E-state index contributed by atoms with van der Waals surface area (Å²) in [5.41, 5.74) is 0.260. The van der Waals surface area contributed by atoms with Gasteiger partial charge in [0.2, 0.25) is 10.0 Å². The number of carbonyl (C=O) groups is 1. The number of hydrogen-bond acceptors (Lipinski definition) is 5. The lowest BCUT2D eigenvalue weighted by Crippen LogP contribution is -2.43. The van der Waals surface area contributed by atoms with Crippen molar-refractivity contribution in [2.24, 2.45) is 0 Å². The molecule has 132 valence electrons. The third kappa shape index (κ3) is 2.96. The minimum absolute atomic E-state index is 0.0285. The number of esters is 1. The summed E-state index contributed by atoms with van der Waals surface area (Å²) in [5.74, 6) is -0.245. The second-order valence-corrected chi connectivity index (χ2v) is 8.60. The number of sulfonamides is 1. The van der Waals surface area contributed by atoms with Crippen LogP contribution in [0, 0.1) is 0 Å². The lowest BCUT2D eigenvalue weighted by atomic mass is 9.96. The van der Waals surface area contributed by atoms with E-state index in [-0.39, 0.29) is 16.9 Å². The Morgan fingerprint density at radius 2 is 1.79 bits per heavy atom. The van der Waals surface area contributed by atoms with E-state index < -0.39 is 15.4 Å². The van der Waals surface area contributed by atoms with E-state index in [4.69, 9.17) is 4.74 Å². The quantitative estimate of drug-likeness (QED) is 0.808. The van der Waals surface area contributed by atoms with Crippen molar-refractivity contribution in [3.8, 4) is 0 Å². The fourth-order valence-electron chi connectivity index (χ4n) is 3.41. The zero-order valence-corrected chi connectivity index (χ0v) is 14.9. The van der Waals surface area contributed by atoms with Crippen molar-refractivity contribution < 1.29 is 17.9 Å². The van der Waals surface area contributed by atoms with E-state index in [2.05, 4.69) is 5.32 Å². The number of benzene rings is 1. The molecule has 1 aliphatic carbocycles. The third-order valence-electron chi connectivity index (χ3n) is 5.23. The molecule has 1 aromatic rings. The summed E-state index contributed by atoms with van der Waals surface area (Å²) in [7, 11) is -0.484. The van der Waals surface area contributed by atoms with Crippen LogP contribution in [-0.4, -0.2) is 52.0 Å². The van der Waals surface area contributed by atoms with E-state index in [0.717, 1.165) is 44.3 Å². The van der Waals surface area contributed by atoms with Gasteiger partial charge in [-0.05, 0) is 56.5 Å². The van der Waals surface area contributed by atoms with Crippen LogP contribution in [0.1, 0.15) is 31.2 Å². The lowest BCUT2D eigenvalue weighted by molar-refractivity contribution is -0.143. The van der Waals surface area contributed by atoms with Crippen molar-refractivity contribution >= 4 is 16.0 Å². The Bertz CT molecular complexity index is 705. The number of carbonyl (C=O) groups excluding carboxylic acids is 1. The van der Waals surface area contributed by atoms with Gasteiger partial charge < -0.3 is 10.1 Å². The molecule has 1 saturated carbocycles. The SMILES string of the molecule is COC(=O)C1(c2ccc(S(=O)(=O)N(C)C3CCNCC3)cc2)CC1. The summed E-state index contributed by atoms with van der Waals surface area (Å²) >= 11 is 0. The molecule has 0 aromatic heterocycles. The monoisotopic (exact) mass is 352 g/mol. The molecule has 6 nitrogen and oxygen atoms in total. The van der Waals surface area contributed by atoms with Gasteiger partial charge in [-0.15, -0.1) is 0 Å². The molecule has 1 aliphatic heterocycles. The van der Waals surface area contributed by atoms with Crippen LogP contribution in [0.15, 0.2) is 29.2 Å². The molecule has 0 spiro atoms. The van der Waals surface area contributed by atoms with Gasteiger partial charge in [0.25, 0.3) is 0 Å². The maximum atomic E-state index is 12.8. The van der Waals surface area contributed by atoms with Crippen molar-refractivity contribution in [2.45, 2.75) is 42.0 Å². The number of ether oxygens (including phenoxy) is 1. The van der Waals surface area contributed by atoms with Crippen molar-refractivity contribution in [3.63, 3.8) is 0 Å². The molecule has 1 N–H and O–H groups in total. The first-order chi connectivity index (χ1) is 11.4. The van der Waals surface area contributed by atoms with E-state index in [9.17, 15) is 13.2 Å². The van der Waals surface area contributed by atoms with Crippen LogP contribution in [0.5, 0.6) is 0 Å². The van der Waals surface area contributed by atoms with Crippen molar-refractivity contribution in [3.05, 3.63) is 29.8 Å². The van der Waals surface area contributed by atoms with Crippen LogP contribution in [0.25, 0.3) is 0 Å². The van der Waals surface area contributed by atoms with E-state index in [0.29, 0.717) is 0 Å². The molecule has 1 saturated heterocycles. The maximum Gasteiger partial charge on any atom is 0.316 e. The Morgan fingerprint density at radius 1 is 1.21 bits per heavy atom. The molecule has 0 bridgehead atoms. The lowest BCUT2D eigenvalue weighted by Gasteiger charge is -2.30. The molecular weight excluding hydrogens is 328 g/mol. The van der Waals surface area contributed by atoms with Gasteiger partial charge in [-0.2, -0.15) is 4.31 Å². The van der Waals surface area contributed by atoms with E-state index in [1.54, 1.807) is 31.3 Å². The highest BCUT2D eigenvalue weighted by Crippen LogP contribution is 2.49. The van der Waals surface area contributed by atoms with Gasteiger partial charge in [-0.25, -0.2) is 8.42 Å². The molecule has 0 amide bonds. The minimum Gasteiger partial charge on any atom is -0.468 e. The predicted molar refractivity (Wildman–Crippen MR) is 90.2 cm³/mol. The van der Waals surface area contributed by atoms with Crippen LogP contribution in [0.4, 0.5) is 0 Å². The van der Waals surface area contributed by atoms with Crippen LogP contribution in [0.3, 0.4) is 0 Å². The number of rotatable bonds is 5. The molecule has 0 atom stereocenters. The Morgan fingerprint density at radius 3 is 2.29 bits per heavy atom. The average molecular weight is 352 g/mol. The number of nitrogens with one attached hydrogen (secondary N) is 1. The molecule has 2 aliphatic rings. The summed E-state index contributed by atoms with van der Waals surface area (Å²) < 4.78 is 32.0. The largest absolute Gasteiger partial charge is 0.468 e. The van der Waals surface area contributed by atoms with Crippen LogP contribution < -0.4 is 5.32 Å². The van der Waals surface area contributed by atoms with E-state index >= 15 is 0 Å². The molecule has 24 heavy (non-hydrogen) atoms. The highest BCUT2D eigenvalue weighted by atomic mass is 32.2. The van der Waals surface area contributed by atoms with Crippen molar-refractivity contribution in [1.82, 2.24) is 9.62 Å². The standard InChI is InChI=1S/C17H24N2O4S/c1-19(14-7-11-18-12-8-14)24(21,22)15-5-3-13(4-6-15)17(9-10-17)16(20)23-2/h3-6,14,18H,7-12H2,1-2H3. The number of piperidine rings is 1. The van der Waals surface area contributed by atoms with Gasteiger partial charge in [0.05, 0.1) is 17.4 Å². The van der Waals surface area contributed by atoms with Crippen molar-refractivity contribution in [2.75, 3.05) is 27.2 Å². The van der Waals surface area contributed by atoms with Gasteiger partial charge >= 0.3 is 5.97 Å². The average Bonchev–Trinajstić information content (AvgIpc) is 3.43. The van der Waals surface area contributed by atoms with Gasteiger partial charge in [-0.3, -0.25) is 4.79 Å². The highest BCUT2D eigenvalue weighted by molar-refractivity contribution is 7.89. The summed E-state index contributed by atoms with van der Waals surface area (Å²) in [6, 6.07) is 6.72. The smallest absolute Gasteiger partial charge is 0.316 e. The van der Waals surface area contributed by atoms with E-state index in [1.165, 1.54) is 11.4 Å².